The van der Waals surface area contributed by atoms with Gasteiger partial charge in [0.25, 0.3) is 0 Å². The van der Waals surface area contributed by atoms with Crippen molar-refractivity contribution in [2.24, 2.45) is 5.92 Å². The lowest BCUT2D eigenvalue weighted by Crippen LogP contribution is -2.45. The Morgan fingerprint density at radius 2 is 2.00 bits per heavy atom. The topological polar surface area (TPSA) is 74.3 Å². The molecule has 0 saturated carbocycles. The summed E-state index contributed by atoms with van der Waals surface area (Å²) in [5.74, 6) is 0.327. The molecule has 8 heteroatoms. The number of amides is 2. The van der Waals surface area contributed by atoms with E-state index in [1.54, 1.807) is 12.3 Å². The molecule has 2 N–H and O–H groups in total. The number of piperidine rings is 1. The summed E-state index contributed by atoms with van der Waals surface area (Å²) < 4.78 is 0.862. The molecule has 1 atom stereocenters. The highest BCUT2D eigenvalue weighted by Crippen LogP contribution is 2.19. The van der Waals surface area contributed by atoms with Gasteiger partial charge in [0.05, 0.1) is 12.5 Å². The molecule has 3 rings (SSSR count). The molecule has 154 valence electrons. The summed E-state index contributed by atoms with van der Waals surface area (Å²) in [5.41, 5.74) is 1.13. The fourth-order valence-corrected chi connectivity index (χ4v) is 3.71. The van der Waals surface area contributed by atoms with Gasteiger partial charge in [-0.05, 0) is 71.6 Å². The number of aromatic nitrogens is 1. The second-order valence-electron chi connectivity index (χ2n) is 7.15. The second kappa shape index (κ2) is 10.7. The summed E-state index contributed by atoms with van der Waals surface area (Å²) >= 11 is 9.21. The molecule has 1 aromatic carbocycles. The van der Waals surface area contributed by atoms with Crippen molar-refractivity contribution in [3.05, 3.63) is 57.7 Å². The molecule has 2 amide bonds. The van der Waals surface area contributed by atoms with Gasteiger partial charge in [0.2, 0.25) is 11.8 Å². The van der Waals surface area contributed by atoms with Gasteiger partial charge in [-0.3, -0.25) is 14.5 Å². The fourth-order valence-electron chi connectivity index (χ4n) is 3.35. The maximum Gasteiger partial charge on any atom is 0.234 e. The summed E-state index contributed by atoms with van der Waals surface area (Å²) in [6, 6.07) is 11.2. The van der Waals surface area contributed by atoms with Gasteiger partial charge in [-0.25, -0.2) is 4.98 Å². The van der Waals surface area contributed by atoms with Gasteiger partial charge in [-0.1, -0.05) is 23.7 Å². The average molecular weight is 480 g/mol. The van der Waals surface area contributed by atoms with E-state index in [1.165, 1.54) is 0 Å². The maximum atomic E-state index is 12.5. The zero-order chi connectivity index (χ0) is 20.6. The molecule has 0 spiro atoms. The number of nitrogens with one attached hydrogen (secondary N) is 2. The first-order valence-electron chi connectivity index (χ1n) is 9.65. The summed E-state index contributed by atoms with van der Waals surface area (Å²) in [4.78, 5) is 31.0. The van der Waals surface area contributed by atoms with E-state index >= 15 is 0 Å². The highest BCUT2D eigenvalue weighted by atomic mass is 79.9. The maximum absolute atomic E-state index is 12.5. The third-order valence-electron chi connectivity index (χ3n) is 4.87. The summed E-state index contributed by atoms with van der Waals surface area (Å²) in [6.07, 6.45) is 4.12. The van der Waals surface area contributed by atoms with Crippen LogP contribution < -0.4 is 10.6 Å². The van der Waals surface area contributed by atoms with E-state index in [2.05, 4.69) is 31.5 Å². The number of pyridine rings is 1. The van der Waals surface area contributed by atoms with E-state index in [4.69, 9.17) is 11.6 Å². The van der Waals surface area contributed by atoms with Crippen molar-refractivity contribution in [3.63, 3.8) is 0 Å². The Bertz CT molecular complexity index is 830. The van der Waals surface area contributed by atoms with E-state index in [-0.39, 0.29) is 17.7 Å². The number of halogens is 2. The number of likely N-dealkylation sites (tertiary alicyclic amines) is 1. The fraction of sp³-hybridized carbons (Fsp3) is 0.381. The van der Waals surface area contributed by atoms with Crippen molar-refractivity contribution in [2.75, 3.05) is 31.5 Å². The van der Waals surface area contributed by atoms with Crippen LogP contribution in [0.4, 0.5) is 5.82 Å². The Morgan fingerprint density at radius 1 is 1.21 bits per heavy atom. The Morgan fingerprint density at radius 3 is 2.72 bits per heavy atom. The van der Waals surface area contributed by atoms with Crippen LogP contribution in [0.1, 0.15) is 18.4 Å². The highest BCUT2D eigenvalue weighted by molar-refractivity contribution is 9.10. The number of nitrogens with zero attached hydrogens (tertiary/aromatic N) is 2. The molecular weight excluding hydrogens is 456 g/mol. The molecule has 1 aliphatic rings. The molecule has 2 heterocycles. The van der Waals surface area contributed by atoms with Gasteiger partial charge in [0.15, 0.2) is 0 Å². The predicted molar refractivity (Wildman–Crippen MR) is 118 cm³/mol. The number of hydrogen-bond donors (Lipinski definition) is 2. The van der Waals surface area contributed by atoms with Crippen LogP contribution in [-0.2, 0) is 16.0 Å². The molecule has 1 unspecified atom stereocenters. The molecule has 1 aliphatic heterocycles. The molecule has 1 saturated heterocycles. The quantitative estimate of drug-likeness (QED) is 0.637. The highest BCUT2D eigenvalue weighted by Gasteiger charge is 2.27. The van der Waals surface area contributed by atoms with Gasteiger partial charge in [-0.15, -0.1) is 0 Å². The van der Waals surface area contributed by atoms with E-state index in [9.17, 15) is 9.59 Å². The largest absolute Gasteiger partial charge is 0.355 e. The molecule has 2 aromatic rings. The minimum atomic E-state index is -0.143. The molecule has 6 nitrogen and oxygen atoms in total. The van der Waals surface area contributed by atoms with Crippen LogP contribution in [0, 0.1) is 5.92 Å². The van der Waals surface area contributed by atoms with E-state index in [0.29, 0.717) is 30.5 Å². The zero-order valence-electron chi connectivity index (χ0n) is 16.0. The van der Waals surface area contributed by atoms with Gasteiger partial charge >= 0.3 is 0 Å². The standard InChI is InChI=1S/C21H24BrClN4O2/c22-17-5-8-19(25-12-17)26-21(29)16-2-1-11-27(13-16)14-20(28)24-10-9-15-3-6-18(23)7-4-15/h3-8,12,16H,1-2,9-11,13-14H2,(H,24,28)(H,25,26,29). The minimum Gasteiger partial charge on any atom is -0.355 e. The smallest absolute Gasteiger partial charge is 0.234 e. The first-order chi connectivity index (χ1) is 14.0. The lowest BCUT2D eigenvalue weighted by Gasteiger charge is -2.31. The first kappa shape index (κ1) is 21.7. The Labute approximate surface area is 184 Å². The van der Waals surface area contributed by atoms with Crippen molar-refractivity contribution < 1.29 is 9.59 Å². The molecule has 0 bridgehead atoms. The number of rotatable bonds is 7. The first-order valence-corrected chi connectivity index (χ1v) is 10.8. The second-order valence-corrected chi connectivity index (χ2v) is 8.50. The monoisotopic (exact) mass is 478 g/mol. The Hall–Kier alpha value is -1.96. The van der Waals surface area contributed by atoms with Crippen molar-refractivity contribution >= 4 is 45.2 Å². The molecule has 29 heavy (non-hydrogen) atoms. The number of benzene rings is 1. The van der Waals surface area contributed by atoms with Crippen LogP contribution >= 0.6 is 27.5 Å². The van der Waals surface area contributed by atoms with E-state index in [0.717, 1.165) is 35.8 Å². The number of carbonyl (C=O) groups excluding carboxylic acids is 2. The van der Waals surface area contributed by atoms with Crippen molar-refractivity contribution in [1.82, 2.24) is 15.2 Å². The lowest BCUT2D eigenvalue weighted by molar-refractivity contribution is -0.125. The summed E-state index contributed by atoms with van der Waals surface area (Å²) in [6.45, 7) is 2.28. The summed E-state index contributed by atoms with van der Waals surface area (Å²) in [7, 11) is 0. The minimum absolute atomic E-state index is 0.0189. The average Bonchev–Trinajstić information content (AvgIpc) is 2.71. The molecular formula is C21H24BrClN4O2. The molecule has 1 aromatic heterocycles. The van der Waals surface area contributed by atoms with Gasteiger partial charge in [-0.2, -0.15) is 0 Å². The lowest BCUT2D eigenvalue weighted by atomic mass is 9.97. The summed E-state index contributed by atoms with van der Waals surface area (Å²) in [5, 5.41) is 6.52. The van der Waals surface area contributed by atoms with Gasteiger partial charge in [0, 0.05) is 28.8 Å². The van der Waals surface area contributed by atoms with Crippen LogP contribution in [-0.4, -0.2) is 47.9 Å². The van der Waals surface area contributed by atoms with Crippen molar-refractivity contribution in [1.29, 1.82) is 0 Å². The number of hydrogen-bond acceptors (Lipinski definition) is 4. The van der Waals surface area contributed by atoms with Crippen LogP contribution in [0.15, 0.2) is 47.1 Å². The van der Waals surface area contributed by atoms with Crippen LogP contribution in [0.3, 0.4) is 0 Å². The normalized spacial score (nSPS) is 17.0. The third kappa shape index (κ3) is 7.10. The predicted octanol–water partition coefficient (Wildman–Crippen LogP) is 3.51. The molecule has 1 fully saturated rings. The third-order valence-corrected chi connectivity index (χ3v) is 5.59. The van der Waals surface area contributed by atoms with Crippen LogP contribution in [0.2, 0.25) is 5.02 Å². The van der Waals surface area contributed by atoms with E-state index < -0.39 is 0 Å². The van der Waals surface area contributed by atoms with E-state index in [1.807, 2.05) is 35.2 Å². The molecule has 0 radical (unpaired) electrons. The van der Waals surface area contributed by atoms with Gasteiger partial charge in [0.1, 0.15) is 5.82 Å². The zero-order valence-corrected chi connectivity index (χ0v) is 18.4. The number of anilines is 1. The van der Waals surface area contributed by atoms with Crippen molar-refractivity contribution in [3.8, 4) is 0 Å². The van der Waals surface area contributed by atoms with Gasteiger partial charge < -0.3 is 10.6 Å². The molecule has 0 aliphatic carbocycles. The number of carbonyl (C=O) groups is 2. The van der Waals surface area contributed by atoms with Crippen LogP contribution in [0.25, 0.3) is 0 Å². The Kier molecular flexibility index (Phi) is 8.03. The Balaban J connectivity index is 1.41. The van der Waals surface area contributed by atoms with Crippen molar-refractivity contribution in [2.45, 2.75) is 19.3 Å². The van der Waals surface area contributed by atoms with Crippen LogP contribution in [0.5, 0.6) is 0 Å². The SMILES string of the molecule is O=C(CN1CCCC(C(=O)Nc2ccc(Br)cn2)C1)NCCc1ccc(Cl)cc1.